The summed E-state index contributed by atoms with van der Waals surface area (Å²) in [6.45, 7) is 0. The van der Waals surface area contributed by atoms with E-state index in [-0.39, 0.29) is 56.4 Å². The quantitative estimate of drug-likeness (QED) is 0.216. The largest absolute Gasteiger partial charge is 0.354 e. The second-order valence-electron chi connectivity index (χ2n) is 8.24. The van der Waals surface area contributed by atoms with Crippen LogP contribution in [0.2, 0.25) is 0 Å². The highest BCUT2D eigenvalue weighted by Crippen LogP contribution is 2.39. The maximum atomic E-state index is 13.8. The van der Waals surface area contributed by atoms with Crippen LogP contribution in [0.4, 0.5) is 17.1 Å². The van der Waals surface area contributed by atoms with E-state index < -0.39 is 16.1 Å². The first-order valence-electron chi connectivity index (χ1n) is 10.8. The van der Waals surface area contributed by atoms with Crippen molar-refractivity contribution >= 4 is 39.5 Å². The number of pyridine rings is 1. The number of non-ortho nitro benzene ring substituents is 1. The number of hydrogen-bond acceptors (Lipinski definition) is 6. The van der Waals surface area contributed by atoms with Crippen LogP contribution >= 0.6 is 0 Å². The van der Waals surface area contributed by atoms with Crippen LogP contribution in [0.1, 0.15) is 31.8 Å². The Labute approximate surface area is 197 Å². The molecule has 1 aliphatic heterocycles. The first kappa shape index (κ1) is 20.5. The third-order valence-electron chi connectivity index (χ3n) is 6.21. The molecule has 168 valence electrons. The maximum Gasteiger partial charge on any atom is 0.271 e. The van der Waals surface area contributed by atoms with Gasteiger partial charge in [0.05, 0.1) is 27.4 Å². The first-order valence-corrected chi connectivity index (χ1v) is 10.8. The van der Waals surface area contributed by atoms with Crippen molar-refractivity contribution in [3.05, 3.63) is 121 Å². The summed E-state index contributed by atoms with van der Waals surface area (Å²) in [5.41, 5.74) is 1.21. The van der Waals surface area contributed by atoms with Crippen molar-refractivity contribution in [3.63, 3.8) is 0 Å². The molecule has 0 atom stereocenters. The fourth-order valence-corrected chi connectivity index (χ4v) is 4.60. The Morgan fingerprint density at radius 1 is 0.743 bits per heavy atom. The van der Waals surface area contributed by atoms with Crippen LogP contribution in [-0.2, 0) is 0 Å². The van der Waals surface area contributed by atoms with Crippen LogP contribution in [-0.4, -0.2) is 21.5 Å². The van der Waals surface area contributed by atoms with Crippen LogP contribution in [0.25, 0.3) is 22.2 Å². The number of aromatic nitrogens is 1. The van der Waals surface area contributed by atoms with E-state index in [2.05, 4.69) is 10.3 Å². The minimum Gasteiger partial charge on any atom is -0.354 e. The number of aromatic amines is 1. The Morgan fingerprint density at radius 2 is 1.43 bits per heavy atom. The molecule has 0 saturated carbocycles. The molecule has 3 aromatic carbocycles. The number of carbonyl (C=O) groups is 2. The second-order valence-corrected chi connectivity index (χ2v) is 8.24. The smallest absolute Gasteiger partial charge is 0.271 e. The van der Waals surface area contributed by atoms with Gasteiger partial charge in [0.15, 0.2) is 11.6 Å². The average Bonchev–Trinajstić information content (AvgIpc) is 2.88. The molecule has 0 fully saturated rings. The molecule has 1 heterocycles. The molecule has 3 aliphatic rings. The van der Waals surface area contributed by atoms with Gasteiger partial charge in [0, 0.05) is 40.0 Å². The standard InChI is InChI=1S/C27H15N3O5/c31-25-17-9-2-3-10-18(17)26(32)22-21(25)23-19(12-14-6-1-4-11-20(14)29-23)27(33)24(22)28-15-7-5-8-16(13-15)30(34)35/h1-13,28-29H. The predicted octanol–water partition coefficient (Wildman–Crippen LogP) is 5.06. The fourth-order valence-electron chi connectivity index (χ4n) is 4.60. The Balaban J connectivity index is 1.70. The SMILES string of the molecule is O=C1c2ccccc2C(=O)c2c1c1[nH]c3ccccc3cc-1c(=O)c2Nc1cccc([N+](=O)[O-])c1. The van der Waals surface area contributed by atoms with Crippen molar-refractivity contribution in [3.8, 4) is 11.3 Å². The summed E-state index contributed by atoms with van der Waals surface area (Å²) < 4.78 is 0. The second kappa shape index (κ2) is 7.46. The molecular weight excluding hydrogens is 446 g/mol. The molecule has 3 aromatic rings. The van der Waals surface area contributed by atoms with E-state index in [0.29, 0.717) is 5.52 Å². The summed E-state index contributed by atoms with van der Waals surface area (Å²) in [6, 6.07) is 21.1. The van der Waals surface area contributed by atoms with Crippen molar-refractivity contribution in [2.24, 2.45) is 0 Å². The van der Waals surface area contributed by atoms with Crippen molar-refractivity contribution in [2.45, 2.75) is 0 Å². The highest BCUT2D eigenvalue weighted by Gasteiger charge is 2.37. The monoisotopic (exact) mass is 461 g/mol. The zero-order valence-corrected chi connectivity index (χ0v) is 18.0. The molecule has 6 rings (SSSR count). The van der Waals surface area contributed by atoms with Gasteiger partial charge in [-0.1, -0.05) is 48.5 Å². The summed E-state index contributed by atoms with van der Waals surface area (Å²) >= 11 is 0. The van der Waals surface area contributed by atoms with Crippen molar-refractivity contribution in [1.82, 2.24) is 4.98 Å². The highest BCUT2D eigenvalue weighted by molar-refractivity contribution is 6.32. The molecule has 2 aliphatic carbocycles. The van der Waals surface area contributed by atoms with Gasteiger partial charge < -0.3 is 10.3 Å². The third-order valence-corrected chi connectivity index (χ3v) is 6.21. The lowest BCUT2D eigenvalue weighted by Gasteiger charge is -2.24. The van der Waals surface area contributed by atoms with Gasteiger partial charge in [0.2, 0.25) is 5.43 Å². The number of hydrogen-bond donors (Lipinski definition) is 2. The highest BCUT2D eigenvalue weighted by atomic mass is 16.6. The van der Waals surface area contributed by atoms with Crippen molar-refractivity contribution in [2.75, 3.05) is 5.32 Å². The molecule has 35 heavy (non-hydrogen) atoms. The van der Waals surface area contributed by atoms with E-state index in [0.717, 1.165) is 5.39 Å². The number of benzene rings is 4. The van der Waals surface area contributed by atoms with Crippen molar-refractivity contribution < 1.29 is 14.5 Å². The van der Waals surface area contributed by atoms with E-state index >= 15 is 0 Å². The van der Waals surface area contributed by atoms with E-state index in [1.54, 1.807) is 36.4 Å². The van der Waals surface area contributed by atoms with Gasteiger partial charge in [-0.05, 0) is 23.6 Å². The van der Waals surface area contributed by atoms with Gasteiger partial charge in [-0.2, -0.15) is 0 Å². The number of nitrogens with zero attached hydrogens (tertiary/aromatic N) is 1. The minimum atomic E-state index is -0.550. The third kappa shape index (κ3) is 3.04. The summed E-state index contributed by atoms with van der Waals surface area (Å²) in [5.74, 6) is -0.850. The van der Waals surface area contributed by atoms with E-state index in [4.69, 9.17) is 0 Å². The van der Waals surface area contributed by atoms with E-state index in [1.807, 2.05) is 24.3 Å². The molecule has 8 nitrogen and oxygen atoms in total. The minimum absolute atomic E-state index is 0.0516. The zero-order valence-electron chi connectivity index (χ0n) is 18.0. The fraction of sp³-hybridized carbons (Fsp3) is 0. The Kier molecular flexibility index (Phi) is 4.37. The molecule has 0 radical (unpaired) electrons. The number of rotatable bonds is 3. The number of ketones is 2. The van der Waals surface area contributed by atoms with Gasteiger partial charge in [-0.3, -0.25) is 24.5 Å². The summed E-state index contributed by atoms with van der Waals surface area (Å²) in [4.78, 5) is 55.0. The number of nitro benzene ring substituents is 1. The number of nitrogens with one attached hydrogen (secondary N) is 2. The van der Waals surface area contributed by atoms with Gasteiger partial charge in [-0.25, -0.2) is 0 Å². The number of anilines is 2. The van der Waals surface area contributed by atoms with Gasteiger partial charge in [0.1, 0.15) is 0 Å². The molecule has 2 N–H and O–H groups in total. The van der Waals surface area contributed by atoms with Crippen molar-refractivity contribution in [1.29, 1.82) is 0 Å². The number of para-hydroxylation sites is 1. The lowest BCUT2D eigenvalue weighted by atomic mass is 9.79. The Bertz CT molecular complexity index is 1770. The summed E-state index contributed by atoms with van der Waals surface area (Å²) in [6.07, 6.45) is 0. The molecule has 8 heteroatoms. The van der Waals surface area contributed by atoms with Crippen LogP contribution in [0.5, 0.6) is 0 Å². The molecule has 0 spiro atoms. The molecular formula is C27H15N3O5. The van der Waals surface area contributed by atoms with E-state index in [9.17, 15) is 24.5 Å². The average molecular weight is 461 g/mol. The Hall–Kier alpha value is -5.11. The normalized spacial score (nSPS) is 12.5. The van der Waals surface area contributed by atoms with Gasteiger partial charge in [-0.15, -0.1) is 0 Å². The molecule has 0 aromatic heterocycles. The summed E-state index contributed by atoms with van der Waals surface area (Å²) in [7, 11) is 0. The lowest BCUT2D eigenvalue weighted by molar-refractivity contribution is -0.384. The molecule has 0 bridgehead atoms. The van der Waals surface area contributed by atoms with Gasteiger partial charge >= 0.3 is 0 Å². The maximum absolute atomic E-state index is 13.8. The topological polar surface area (TPSA) is 122 Å². The number of fused-ring (bicyclic) bond motifs is 5. The molecule has 0 unspecified atom stereocenters. The van der Waals surface area contributed by atoms with Gasteiger partial charge in [0.25, 0.3) is 5.69 Å². The van der Waals surface area contributed by atoms with Crippen LogP contribution in [0.15, 0.2) is 83.7 Å². The predicted molar refractivity (Wildman–Crippen MR) is 131 cm³/mol. The number of carbonyl (C=O) groups excluding carboxylic acids is 2. The number of nitro groups is 1. The molecule has 0 amide bonds. The lowest BCUT2D eigenvalue weighted by Crippen LogP contribution is -2.28. The van der Waals surface area contributed by atoms with Crippen LogP contribution in [0.3, 0.4) is 0 Å². The first-order chi connectivity index (χ1) is 16.9. The molecule has 0 saturated heterocycles. The van der Waals surface area contributed by atoms with Crippen LogP contribution in [0, 0.1) is 10.1 Å². The van der Waals surface area contributed by atoms with Crippen LogP contribution < -0.4 is 10.7 Å². The number of H-pyrrole nitrogens is 1. The summed E-state index contributed by atoms with van der Waals surface area (Å²) in [5, 5.41) is 14.9. The Morgan fingerprint density at radius 3 is 2.17 bits per heavy atom. The van der Waals surface area contributed by atoms with E-state index in [1.165, 1.54) is 18.2 Å². The zero-order chi connectivity index (χ0) is 24.3.